The summed E-state index contributed by atoms with van der Waals surface area (Å²) in [4.78, 5) is 24.0. The highest BCUT2D eigenvalue weighted by atomic mass is 16.7. The number of carbonyl (C=O) groups excluding carboxylic acids is 2. The molecule has 0 radical (unpaired) electrons. The van der Waals surface area contributed by atoms with Crippen LogP contribution in [0.3, 0.4) is 0 Å². The van der Waals surface area contributed by atoms with Crippen molar-refractivity contribution in [2.24, 2.45) is 5.41 Å². The molecule has 0 aliphatic rings. The number of hydrogen-bond acceptors (Lipinski definition) is 5. The zero-order chi connectivity index (χ0) is 19.5. The number of carbonyl (C=O) groups is 2. The molecular weight excluding hydrogens is 332 g/mol. The van der Waals surface area contributed by atoms with Gasteiger partial charge in [0.05, 0.1) is 5.41 Å². The Morgan fingerprint density at radius 2 is 1.35 bits per heavy atom. The topological polar surface area (TPSA) is 61.8 Å². The van der Waals surface area contributed by atoms with Gasteiger partial charge in [-0.25, -0.2) is 4.79 Å². The molecule has 5 nitrogen and oxygen atoms in total. The molecule has 26 heavy (non-hydrogen) atoms. The average Bonchev–Trinajstić information content (AvgIpc) is 2.53. The monoisotopic (exact) mass is 358 g/mol. The third-order valence-corrected chi connectivity index (χ3v) is 4.02. The molecular formula is C21H26O5. The van der Waals surface area contributed by atoms with Crippen LogP contribution in [-0.2, 0) is 9.53 Å². The maximum atomic E-state index is 12.2. The molecule has 2 aromatic carbocycles. The van der Waals surface area contributed by atoms with Gasteiger partial charge in [-0.2, -0.15) is 0 Å². The van der Waals surface area contributed by atoms with Gasteiger partial charge in [0, 0.05) is 0 Å². The molecule has 0 fully saturated rings. The first-order chi connectivity index (χ1) is 12.0. The standard InChI is InChI=1S/C21H26O5/c1-7-21(5,6)18(22)24-16-10-8-15-13-17(11-9-14(15)12-16)25-19(23)26-20(2,3)4/h8-13H,7H2,1-6H3. The molecule has 0 heterocycles. The van der Waals surface area contributed by atoms with Gasteiger partial charge >= 0.3 is 12.1 Å². The highest BCUT2D eigenvalue weighted by Gasteiger charge is 2.27. The van der Waals surface area contributed by atoms with Crippen molar-refractivity contribution < 1.29 is 23.8 Å². The summed E-state index contributed by atoms with van der Waals surface area (Å²) >= 11 is 0. The van der Waals surface area contributed by atoms with Gasteiger partial charge in [-0.1, -0.05) is 19.1 Å². The fraction of sp³-hybridized carbons (Fsp3) is 0.429. The lowest BCUT2D eigenvalue weighted by Crippen LogP contribution is -2.28. The van der Waals surface area contributed by atoms with E-state index in [2.05, 4.69) is 0 Å². The molecule has 0 spiro atoms. The third kappa shape index (κ3) is 5.22. The number of fused-ring (bicyclic) bond motifs is 1. The molecule has 2 aromatic rings. The minimum atomic E-state index is -0.746. The Labute approximate surface area is 154 Å². The summed E-state index contributed by atoms with van der Waals surface area (Å²) in [5.74, 6) is 0.623. The van der Waals surface area contributed by atoms with E-state index in [1.165, 1.54) is 0 Å². The number of esters is 1. The van der Waals surface area contributed by atoms with Crippen LogP contribution in [0.1, 0.15) is 48.0 Å². The summed E-state index contributed by atoms with van der Waals surface area (Å²) in [7, 11) is 0. The van der Waals surface area contributed by atoms with Gasteiger partial charge in [-0.15, -0.1) is 0 Å². The summed E-state index contributed by atoms with van der Waals surface area (Å²) in [6, 6.07) is 10.5. The average molecular weight is 358 g/mol. The first-order valence-electron chi connectivity index (χ1n) is 8.67. The van der Waals surface area contributed by atoms with Crippen molar-refractivity contribution in [3.8, 4) is 11.5 Å². The lowest BCUT2D eigenvalue weighted by atomic mass is 9.91. The Morgan fingerprint density at radius 3 is 1.81 bits per heavy atom. The van der Waals surface area contributed by atoms with Crippen LogP contribution in [0.25, 0.3) is 10.8 Å². The summed E-state index contributed by atoms with van der Waals surface area (Å²) in [6.07, 6.45) is -0.0469. The summed E-state index contributed by atoms with van der Waals surface area (Å²) in [6.45, 7) is 11.0. The number of benzene rings is 2. The van der Waals surface area contributed by atoms with E-state index >= 15 is 0 Å². The predicted octanol–water partition coefficient (Wildman–Crippen LogP) is 5.50. The van der Waals surface area contributed by atoms with Gasteiger partial charge in [0.15, 0.2) is 0 Å². The molecule has 140 valence electrons. The van der Waals surface area contributed by atoms with E-state index in [-0.39, 0.29) is 5.97 Å². The lowest BCUT2D eigenvalue weighted by molar-refractivity contribution is -0.144. The van der Waals surface area contributed by atoms with Crippen molar-refractivity contribution in [2.75, 3.05) is 0 Å². The predicted molar refractivity (Wildman–Crippen MR) is 101 cm³/mol. The third-order valence-electron chi connectivity index (χ3n) is 4.02. The highest BCUT2D eigenvalue weighted by Crippen LogP contribution is 2.28. The fourth-order valence-electron chi connectivity index (χ4n) is 2.09. The maximum Gasteiger partial charge on any atom is 0.514 e. The number of hydrogen-bond donors (Lipinski definition) is 0. The van der Waals surface area contributed by atoms with Crippen LogP contribution in [0.5, 0.6) is 11.5 Å². The van der Waals surface area contributed by atoms with Crippen LogP contribution in [-0.4, -0.2) is 17.7 Å². The first-order valence-corrected chi connectivity index (χ1v) is 8.67. The van der Waals surface area contributed by atoms with E-state index in [0.717, 1.165) is 10.8 Å². The van der Waals surface area contributed by atoms with E-state index in [1.807, 2.05) is 26.8 Å². The van der Waals surface area contributed by atoms with Crippen LogP contribution >= 0.6 is 0 Å². The van der Waals surface area contributed by atoms with Crippen LogP contribution in [0, 0.1) is 5.41 Å². The lowest BCUT2D eigenvalue weighted by Gasteiger charge is -2.20. The van der Waals surface area contributed by atoms with Gasteiger partial charge in [0.25, 0.3) is 0 Å². The zero-order valence-electron chi connectivity index (χ0n) is 16.2. The van der Waals surface area contributed by atoms with Crippen molar-refractivity contribution in [1.29, 1.82) is 0 Å². The van der Waals surface area contributed by atoms with E-state index in [1.54, 1.807) is 51.1 Å². The molecule has 0 bridgehead atoms. The van der Waals surface area contributed by atoms with Gasteiger partial charge in [0.2, 0.25) is 0 Å². The van der Waals surface area contributed by atoms with Crippen molar-refractivity contribution in [1.82, 2.24) is 0 Å². The molecule has 0 amide bonds. The van der Waals surface area contributed by atoms with E-state index in [4.69, 9.17) is 14.2 Å². The molecule has 0 atom stereocenters. The second-order valence-corrected chi connectivity index (χ2v) is 7.86. The first kappa shape index (κ1) is 19.8. The Hall–Kier alpha value is -2.56. The van der Waals surface area contributed by atoms with Crippen LogP contribution in [0.15, 0.2) is 36.4 Å². The Balaban J connectivity index is 2.15. The number of ether oxygens (including phenoxy) is 3. The zero-order valence-corrected chi connectivity index (χ0v) is 16.2. The molecule has 5 heteroatoms. The molecule has 0 N–H and O–H groups in total. The number of rotatable bonds is 4. The van der Waals surface area contributed by atoms with Gasteiger partial charge in [-0.05, 0) is 76.1 Å². The molecule has 0 aromatic heterocycles. The minimum Gasteiger partial charge on any atom is -0.428 e. The van der Waals surface area contributed by atoms with Gasteiger partial charge in [-0.3, -0.25) is 4.79 Å². The van der Waals surface area contributed by atoms with Crippen LogP contribution in [0.2, 0.25) is 0 Å². The minimum absolute atomic E-state index is 0.260. The van der Waals surface area contributed by atoms with Crippen molar-refractivity contribution in [3.05, 3.63) is 36.4 Å². The van der Waals surface area contributed by atoms with Gasteiger partial charge < -0.3 is 14.2 Å². The highest BCUT2D eigenvalue weighted by molar-refractivity contribution is 5.87. The quantitative estimate of drug-likeness (QED) is 0.410. The van der Waals surface area contributed by atoms with Gasteiger partial charge in [0.1, 0.15) is 17.1 Å². The van der Waals surface area contributed by atoms with E-state index in [0.29, 0.717) is 17.9 Å². The molecule has 0 saturated heterocycles. The molecule has 0 unspecified atom stereocenters. The second-order valence-electron chi connectivity index (χ2n) is 7.86. The Kier molecular flexibility index (Phi) is 5.59. The maximum absolute atomic E-state index is 12.2. The molecule has 0 saturated carbocycles. The normalized spacial score (nSPS) is 11.9. The van der Waals surface area contributed by atoms with E-state index < -0.39 is 17.2 Å². The summed E-state index contributed by atoms with van der Waals surface area (Å²) in [5, 5.41) is 1.74. The van der Waals surface area contributed by atoms with Crippen molar-refractivity contribution in [2.45, 2.75) is 53.6 Å². The molecule has 0 aliphatic heterocycles. The SMILES string of the molecule is CCC(C)(C)C(=O)Oc1ccc2cc(OC(=O)OC(C)(C)C)ccc2c1. The van der Waals surface area contributed by atoms with Crippen molar-refractivity contribution >= 4 is 22.9 Å². The van der Waals surface area contributed by atoms with E-state index in [9.17, 15) is 9.59 Å². The fourth-order valence-corrected chi connectivity index (χ4v) is 2.09. The summed E-state index contributed by atoms with van der Waals surface area (Å²) in [5.41, 5.74) is -1.14. The largest absolute Gasteiger partial charge is 0.514 e. The van der Waals surface area contributed by atoms with Crippen LogP contribution < -0.4 is 9.47 Å². The van der Waals surface area contributed by atoms with Crippen LogP contribution in [0.4, 0.5) is 4.79 Å². The summed E-state index contributed by atoms with van der Waals surface area (Å²) < 4.78 is 15.8. The Morgan fingerprint density at radius 1 is 0.846 bits per heavy atom. The molecule has 0 aliphatic carbocycles. The van der Waals surface area contributed by atoms with Crippen molar-refractivity contribution in [3.63, 3.8) is 0 Å². The second kappa shape index (κ2) is 7.36. The smallest absolute Gasteiger partial charge is 0.428 e. The molecule has 2 rings (SSSR count). The Bertz CT molecular complexity index is 815.